The Bertz CT molecular complexity index is 2020. The second-order valence-corrected chi connectivity index (χ2v) is 18.4. The number of phenols is 1. The van der Waals surface area contributed by atoms with Crippen molar-refractivity contribution in [3.8, 4) is 5.75 Å². The summed E-state index contributed by atoms with van der Waals surface area (Å²) in [5.74, 6) is -10.1. The summed E-state index contributed by atoms with van der Waals surface area (Å²) in [5.41, 5.74) is 0.330. The van der Waals surface area contributed by atoms with E-state index in [2.05, 4.69) is 31.9 Å². The van der Waals surface area contributed by atoms with E-state index in [1.165, 1.54) is 52.9 Å². The topological polar surface area (TPSA) is 322 Å². The average Bonchev–Trinajstić information content (AvgIpc) is 3.26. The number of esters is 1. The summed E-state index contributed by atoms with van der Waals surface area (Å²) in [6.07, 6.45) is -6.21. The number of hydrogen-bond acceptors (Lipinski definition) is 14. The van der Waals surface area contributed by atoms with Crippen LogP contribution in [0.4, 0.5) is 0 Å². The van der Waals surface area contributed by atoms with Crippen LogP contribution >= 0.6 is 11.6 Å². The highest BCUT2D eigenvalue weighted by Crippen LogP contribution is 2.27. The normalized spacial score (nSPS) is 26.9. The molecule has 13 atom stereocenters. The molecule has 0 unspecified atom stereocenters. The number of rotatable bonds is 14. The summed E-state index contributed by atoms with van der Waals surface area (Å²) in [7, 11) is 1.21. The van der Waals surface area contributed by atoms with Gasteiger partial charge < -0.3 is 66.9 Å². The maximum Gasteiger partial charge on any atom is 0.329 e. The molecule has 68 heavy (non-hydrogen) atoms. The number of nitrogens with zero attached hydrogens (tertiary/aromatic N) is 2. The molecule has 10 N–H and O–H groups in total. The number of carbonyl (C=O) groups is 9. The number of cyclic esters (lactones) is 1. The number of phenolic OH excluding ortho intramolecular Hbond substituents is 1. The number of aromatic hydroxyl groups is 1. The smallest absolute Gasteiger partial charge is 0.329 e. The lowest BCUT2D eigenvalue weighted by atomic mass is 9.94. The zero-order chi connectivity index (χ0) is 51.5. The van der Waals surface area contributed by atoms with Crippen LogP contribution in [0.15, 0.2) is 18.2 Å². The van der Waals surface area contributed by atoms with E-state index in [1.807, 2.05) is 0 Å². The van der Waals surface area contributed by atoms with Gasteiger partial charge in [0.05, 0.1) is 17.2 Å². The third-order valence-electron chi connectivity index (χ3n) is 12.1. The van der Waals surface area contributed by atoms with E-state index < -0.39 is 138 Å². The van der Waals surface area contributed by atoms with E-state index in [1.54, 1.807) is 34.6 Å². The van der Waals surface area contributed by atoms with Crippen LogP contribution in [0.1, 0.15) is 100.0 Å². The number of ether oxygens (including phenoxy) is 1. The highest BCUT2D eigenvalue weighted by atomic mass is 35.5. The molecule has 0 spiro atoms. The third-order valence-corrected chi connectivity index (χ3v) is 12.4. The van der Waals surface area contributed by atoms with Crippen molar-refractivity contribution in [2.24, 2.45) is 11.8 Å². The van der Waals surface area contributed by atoms with Crippen LogP contribution in [-0.2, 0) is 54.3 Å². The fourth-order valence-corrected chi connectivity index (χ4v) is 8.00. The molecule has 0 aromatic heterocycles. The first-order valence-corrected chi connectivity index (χ1v) is 23.3. The molecule has 8 amide bonds. The van der Waals surface area contributed by atoms with Gasteiger partial charge in [0.1, 0.15) is 66.4 Å². The molecule has 2 aliphatic rings. The predicted octanol–water partition coefficient (Wildman–Crippen LogP) is -1.14. The number of fused-ring (bicyclic) bond motifs is 2. The van der Waals surface area contributed by atoms with Crippen molar-refractivity contribution in [3.05, 3.63) is 28.8 Å². The lowest BCUT2D eigenvalue weighted by molar-refractivity contribution is -0.170. The molecule has 1 aromatic rings. The van der Waals surface area contributed by atoms with Crippen molar-refractivity contribution >= 4 is 64.8 Å². The zero-order valence-corrected chi connectivity index (χ0v) is 41.0. The van der Waals surface area contributed by atoms with E-state index in [-0.39, 0.29) is 42.9 Å². The minimum atomic E-state index is -1.86. The fraction of sp³-hybridized carbons (Fsp3) is 0.667. The molecule has 2 aliphatic heterocycles. The number of aliphatic hydroxyl groups is 3. The van der Waals surface area contributed by atoms with Gasteiger partial charge in [-0.2, -0.15) is 0 Å². The number of nitrogens with one attached hydrogen (secondary N) is 6. The minimum absolute atomic E-state index is 0.0866. The number of carbonyl (C=O) groups excluding carboxylic acids is 9. The van der Waals surface area contributed by atoms with Gasteiger partial charge in [-0.15, -0.1) is 0 Å². The van der Waals surface area contributed by atoms with Crippen LogP contribution in [0.25, 0.3) is 0 Å². The Hall–Kier alpha value is -5.58. The predicted molar refractivity (Wildman–Crippen MR) is 245 cm³/mol. The maximum atomic E-state index is 14.6. The van der Waals surface area contributed by atoms with Gasteiger partial charge in [-0.25, -0.2) is 4.79 Å². The molecule has 2 fully saturated rings. The van der Waals surface area contributed by atoms with Crippen molar-refractivity contribution < 1.29 is 68.3 Å². The summed E-state index contributed by atoms with van der Waals surface area (Å²) in [5, 5.41) is 58.1. The summed E-state index contributed by atoms with van der Waals surface area (Å²) in [6, 6.07) is -8.40. The third kappa shape index (κ3) is 14.5. The van der Waals surface area contributed by atoms with E-state index >= 15 is 0 Å². The summed E-state index contributed by atoms with van der Waals surface area (Å²) >= 11 is 6.19. The largest absolute Gasteiger partial charge is 0.506 e. The first kappa shape index (κ1) is 56.7. The van der Waals surface area contributed by atoms with Gasteiger partial charge in [-0.05, 0) is 76.5 Å². The molecule has 1 aromatic carbocycles. The molecule has 23 heteroatoms. The molecule has 0 radical (unpaired) electrons. The highest BCUT2D eigenvalue weighted by molar-refractivity contribution is 6.32. The standard InChI is InChI=1S/C45H69ClN8O14/c1-11-13-31(58)47-22(6)38(60)51-35(23(7)55)41(63)52-36-25(9)68-45(67)33(20(3)4)49-39(61)29(19-26-14-16-30(57)27(46)18-26)53(10)44(66)37(24(8)56)54-32(59)17-15-28(43(54)65)48-40(62)34(21(5)12-2)50-42(36)64/h14,16,18,20-25,28-29,32-37,55-57,59H,11-13,15,17,19H2,1-10H3,(H,47,58)(H,48,62)(H,49,61)(H,50,64)(H,51,60)(H,52,63)/t21-,22-,23+,24+,25+,28-,29+,32+,33+,34-,35+,36-,37+/m0/s1. The number of amides is 8. The number of benzene rings is 1. The van der Waals surface area contributed by atoms with Crippen LogP contribution < -0.4 is 31.9 Å². The molecular formula is C45H69ClN8O14. The Balaban J connectivity index is 2.21. The van der Waals surface area contributed by atoms with Gasteiger partial charge in [0, 0.05) is 19.9 Å². The van der Waals surface area contributed by atoms with Gasteiger partial charge in [-0.3, -0.25) is 38.4 Å². The van der Waals surface area contributed by atoms with Gasteiger partial charge in [0.15, 0.2) is 0 Å². The van der Waals surface area contributed by atoms with Crippen molar-refractivity contribution in [1.82, 2.24) is 41.7 Å². The summed E-state index contributed by atoms with van der Waals surface area (Å²) < 4.78 is 5.79. The summed E-state index contributed by atoms with van der Waals surface area (Å²) in [4.78, 5) is 127. The average molecular weight is 982 g/mol. The van der Waals surface area contributed by atoms with Crippen LogP contribution in [0, 0.1) is 11.8 Å². The quantitative estimate of drug-likeness (QED) is 0.0987. The Morgan fingerprint density at radius 2 is 1.50 bits per heavy atom. The Morgan fingerprint density at radius 1 is 0.868 bits per heavy atom. The van der Waals surface area contributed by atoms with Gasteiger partial charge in [0.2, 0.25) is 47.3 Å². The Kier molecular flexibility index (Phi) is 21.0. The van der Waals surface area contributed by atoms with E-state index in [0.717, 1.165) is 9.80 Å². The van der Waals surface area contributed by atoms with Crippen molar-refractivity contribution in [3.63, 3.8) is 0 Å². The van der Waals surface area contributed by atoms with Crippen LogP contribution in [0.5, 0.6) is 5.75 Å². The number of hydrogen-bond donors (Lipinski definition) is 10. The maximum absolute atomic E-state index is 14.6. The SMILES string of the molecule is CCCC(=O)N[C@@H](C)C(=O)N[C@@H](C(=O)N[C@@H]1C(=O)N[C@@H]([C@@H](C)CC)C(=O)N[C@H]2CC[C@@H](O)N(C2=O)[C@H]([C@@H](C)O)C(=O)N(C)[C@H](Cc2ccc(O)c(Cl)c2)C(=O)N[C@H](C(C)C)C(=O)O[C@@H]1C)[C@@H](C)O. The van der Waals surface area contributed by atoms with Gasteiger partial charge in [0.25, 0.3) is 0 Å². The number of halogens is 1. The molecule has 0 saturated carbocycles. The van der Waals surface area contributed by atoms with Gasteiger partial charge >= 0.3 is 5.97 Å². The van der Waals surface area contributed by atoms with Gasteiger partial charge in [-0.1, -0.05) is 58.7 Å². The van der Waals surface area contributed by atoms with E-state index in [4.69, 9.17) is 16.3 Å². The van der Waals surface area contributed by atoms with Crippen molar-refractivity contribution in [2.45, 2.75) is 174 Å². The van der Waals surface area contributed by atoms with Crippen LogP contribution in [0.3, 0.4) is 0 Å². The molecule has 3 rings (SSSR count). The molecule has 2 bridgehead atoms. The van der Waals surface area contributed by atoms with Crippen LogP contribution in [-0.4, -0.2) is 163 Å². The molecule has 380 valence electrons. The highest BCUT2D eigenvalue weighted by Gasteiger charge is 2.47. The second kappa shape index (κ2) is 25.2. The number of piperidine rings is 1. The van der Waals surface area contributed by atoms with E-state index in [0.29, 0.717) is 12.0 Å². The van der Waals surface area contributed by atoms with Crippen molar-refractivity contribution in [2.75, 3.05) is 7.05 Å². The molecule has 2 saturated heterocycles. The lowest BCUT2D eigenvalue weighted by Crippen LogP contribution is -2.67. The number of aliphatic hydroxyl groups excluding tert-OH is 3. The molecule has 2 heterocycles. The first-order chi connectivity index (χ1) is 31.7. The van der Waals surface area contributed by atoms with Crippen molar-refractivity contribution in [1.29, 1.82) is 0 Å². The summed E-state index contributed by atoms with van der Waals surface area (Å²) in [6.45, 7) is 13.2. The van der Waals surface area contributed by atoms with Crippen LogP contribution in [0.2, 0.25) is 5.02 Å². The monoisotopic (exact) mass is 980 g/mol. The molecule has 0 aliphatic carbocycles. The second-order valence-electron chi connectivity index (χ2n) is 18.0. The first-order valence-electron chi connectivity index (χ1n) is 22.9. The molecular weight excluding hydrogens is 912 g/mol. The Morgan fingerprint density at radius 3 is 2.06 bits per heavy atom. The van der Waals surface area contributed by atoms with E-state index in [9.17, 15) is 63.6 Å². The lowest BCUT2D eigenvalue weighted by Gasteiger charge is -2.43. The Labute approximate surface area is 401 Å². The minimum Gasteiger partial charge on any atom is -0.506 e. The number of likely N-dealkylation sites (N-methyl/N-ethyl adjacent to an activating group) is 1. The fourth-order valence-electron chi connectivity index (χ4n) is 7.79. The zero-order valence-electron chi connectivity index (χ0n) is 40.2. The molecule has 22 nitrogen and oxygen atoms in total.